The van der Waals surface area contributed by atoms with Gasteiger partial charge in [0.15, 0.2) is 0 Å². The molecule has 0 saturated carbocycles. The van der Waals surface area contributed by atoms with Crippen molar-refractivity contribution >= 4 is 11.6 Å². The SMILES string of the molecule is O=C(CCc1ccccc1)N1N=C(c2ccccc2)C[C@]1(O)C(F)(F)C(F)(F)F. The highest BCUT2D eigenvalue weighted by Gasteiger charge is 2.74. The highest BCUT2D eigenvalue weighted by atomic mass is 19.4. The lowest BCUT2D eigenvalue weighted by molar-refractivity contribution is -0.363. The van der Waals surface area contributed by atoms with Crippen LogP contribution in [0, 0.1) is 0 Å². The van der Waals surface area contributed by atoms with Gasteiger partial charge in [-0.25, -0.2) is 0 Å². The minimum Gasteiger partial charge on any atom is -0.364 e. The van der Waals surface area contributed by atoms with Crippen LogP contribution in [-0.2, 0) is 11.2 Å². The molecule has 1 amide bonds. The van der Waals surface area contributed by atoms with Gasteiger partial charge in [-0.1, -0.05) is 60.7 Å². The van der Waals surface area contributed by atoms with E-state index in [2.05, 4.69) is 5.10 Å². The molecule has 2 aromatic carbocycles. The van der Waals surface area contributed by atoms with Crippen molar-refractivity contribution in [3.8, 4) is 0 Å². The zero-order chi connectivity index (χ0) is 21.3. The maximum Gasteiger partial charge on any atom is 0.458 e. The second-order valence-electron chi connectivity index (χ2n) is 6.67. The molecule has 0 spiro atoms. The summed E-state index contributed by atoms with van der Waals surface area (Å²) in [7, 11) is 0. The van der Waals surface area contributed by atoms with Crippen LogP contribution in [0.1, 0.15) is 24.0 Å². The number of carbonyl (C=O) groups is 1. The standard InChI is InChI=1S/C20H17F5N2O2/c21-19(22,20(23,24)25)18(29)13-16(15-9-5-2-6-10-15)26-27(18)17(28)12-11-14-7-3-1-4-8-14/h1-10,29H,11-13H2/t18-/m0/s1. The van der Waals surface area contributed by atoms with Crippen molar-refractivity contribution in [3.63, 3.8) is 0 Å². The topological polar surface area (TPSA) is 52.9 Å². The molecule has 0 saturated heterocycles. The number of hydrazone groups is 1. The fourth-order valence-electron chi connectivity index (χ4n) is 3.07. The third-order valence-corrected chi connectivity index (χ3v) is 4.66. The van der Waals surface area contributed by atoms with Gasteiger partial charge >= 0.3 is 12.1 Å². The lowest BCUT2D eigenvalue weighted by atomic mass is 9.95. The Bertz CT molecular complexity index is 900. The normalized spacial score (nSPS) is 19.9. The van der Waals surface area contributed by atoms with Gasteiger partial charge in [0.1, 0.15) is 0 Å². The van der Waals surface area contributed by atoms with E-state index in [1.807, 2.05) is 0 Å². The van der Waals surface area contributed by atoms with Crippen molar-refractivity contribution in [3.05, 3.63) is 71.8 Å². The zero-order valence-electron chi connectivity index (χ0n) is 15.0. The average molecular weight is 412 g/mol. The Morgan fingerprint density at radius 3 is 2.10 bits per heavy atom. The molecule has 2 aromatic rings. The largest absolute Gasteiger partial charge is 0.458 e. The Hall–Kier alpha value is -2.81. The lowest BCUT2D eigenvalue weighted by Crippen LogP contribution is -2.64. The Morgan fingerprint density at radius 1 is 1.00 bits per heavy atom. The minimum atomic E-state index is -6.07. The number of alkyl halides is 5. The van der Waals surface area contributed by atoms with Crippen LogP contribution in [0.4, 0.5) is 22.0 Å². The van der Waals surface area contributed by atoms with E-state index in [1.54, 1.807) is 48.5 Å². The average Bonchev–Trinajstić information content (AvgIpc) is 3.06. The quantitative estimate of drug-likeness (QED) is 0.751. The van der Waals surface area contributed by atoms with Crippen LogP contribution in [0.2, 0.25) is 0 Å². The molecule has 9 heteroatoms. The third kappa shape index (κ3) is 3.87. The predicted molar refractivity (Wildman–Crippen MR) is 95.2 cm³/mol. The number of carbonyl (C=O) groups excluding carboxylic acids is 1. The van der Waals surface area contributed by atoms with Gasteiger partial charge in [-0.15, -0.1) is 0 Å². The Labute approximate surface area is 163 Å². The molecule has 1 atom stereocenters. The van der Waals surface area contributed by atoms with Gasteiger partial charge in [-0.05, 0) is 17.5 Å². The van der Waals surface area contributed by atoms with Crippen LogP contribution in [0.25, 0.3) is 0 Å². The summed E-state index contributed by atoms with van der Waals surface area (Å²) in [4.78, 5) is 12.5. The maximum absolute atomic E-state index is 14.2. The first-order chi connectivity index (χ1) is 13.6. The number of rotatable bonds is 5. The predicted octanol–water partition coefficient (Wildman–Crippen LogP) is 4.14. The first kappa shape index (κ1) is 20.9. The third-order valence-electron chi connectivity index (χ3n) is 4.66. The molecular weight excluding hydrogens is 395 g/mol. The monoisotopic (exact) mass is 412 g/mol. The number of halogens is 5. The molecule has 0 radical (unpaired) electrons. The number of aryl methyl sites for hydroxylation is 1. The second-order valence-corrected chi connectivity index (χ2v) is 6.67. The fourth-order valence-corrected chi connectivity index (χ4v) is 3.07. The van der Waals surface area contributed by atoms with Crippen LogP contribution in [0.5, 0.6) is 0 Å². The van der Waals surface area contributed by atoms with Gasteiger partial charge in [-0.2, -0.15) is 32.1 Å². The Morgan fingerprint density at radius 2 is 1.55 bits per heavy atom. The Balaban J connectivity index is 1.93. The fraction of sp³-hybridized carbons (Fsp3) is 0.300. The molecule has 1 aliphatic heterocycles. The number of benzene rings is 2. The first-order valence-corrected chi connectivity index (χ1v) is 8.73. The molecule has 0 aromatic heterocycles. The van der Waals surface area contributed by atoms with Crippen LogP contribution < -0.4 is 0 Å². The summed E-state index contributed by atoms with van der Waals surface area (Å²) in [6.45, 7) is 0. The molecule has 29 heavy (non-hydrogen) atoms. The summed E-state index contributed by atoms with van der Waals surface area (Å²) >= 11 is 0. The first-order valence-electron chi connectivity index (χ1n) is 8.73. The van der Waals surface area contributed by atoms with Crippen molar-refractivity contribution in [2.75, 3.05) is 0 Å². The van der Waals surface area contributed by atoms with Gasteiger partial charge in [0.05, 0.1) is 5.71 Å². The van der Waals surface area contributed by atoms with Gasteiger partial charge in [0.25, 0.3) is 0 Å². The minimum absolute atomic E-state index is 0.0973. The Kier molecular flexibility index (Phi) is 5.44. The molecule has 0 aliphatic carbocycles. The lowest BCUT2D eigenvalue weighted by Gasteiger charge is -2.38. The van der Waals surface area contributed by atoms with E-state index in [4.69, 9.17) is 0 Å². The summed E-state index contributed by atoms with van der Waals surface area (Å²) in [5, 5.41) is 14.0. The molecule has 1 heterocycles. The van der Waals surface area contributed by atoms with Crippen molar-refractivity contribution in [1.29, 1.82) is 0 Å². The number of amides is 1. The maximum atomic E-state index is 14.2. The van der Waals surface area contributed by atoms with Crippen molar-refractivity contribution in [1.82, 2.24) is 5.01 Å². The molecule has 0 fully saturated rings. The van der Waals surface area contributed by atoms with E-state index in [-0.39, 0.29) is 22.7 Å². The van der Waals surface area contributed by atoms with E-state index in [0.717, 1.165) is 0 Å². The molecule has 154 valence electrons. The molecule has 0 unspecified atom stereocenters. The van der Waals surface area contributed by atoms with E-state index in [1.165, 1.54) is 12.1 Å². The van der Waals surface area contributed by atoms with Gasteiger partial charge in [0, 0.05) is 12.8 Å². The summed E-state index contributed by atoms with van der Waals surface area (Å²) in [5.74, 6) is -6.71. The van der Waals surface area contributed by atoms with Crippen LogP contribution in [-0.4, -0.2) is 39.6 Å². The number of hydrogen-bond donors (Lipinski definition) is 1. The molecule has 0 bridgehead atoms. The molecule has 4 nitrogen and oxygen atoms in total. The summed E-state index contributed by atoms with van der Waals surface area (Å²) < 4.78 is 67.6. The number of aliphatic hydroxyl groups is 1. The summed E-state index contributed by atoms with van der Waals surface area (Å²) in [6, 6.07) is 16.1. The number of hydrogen-bond acceptors (Lipinski definition) is 3. The van der Waals surface area contributed by atoms with E-state index in [0.29, 0.717) is 5.56 Å². The summed E-state index contributed by atoms with van der Waals surface area (Å²) in [5.41, 5.74) is -3.14. The molecule has 1 N–H and O–H groups in total. The smallest absolute Gasteiger partial charge is 0.364 e. The molecule has 3 rings (SSSR count). The van der Waals surface area contributed by atoms with E-state index >= 15 is 0 Å². The zero-order valence-corrected chi connectivity index (χ0v) is 15.0. The molecular formula is C20H17F5N2O2. The van der Waals surface area contributed by atoms with Crippen molar-refractivity contribution in [2.24, 2.45) is 5.10 Å². The van der Waals surface area contributed by atoms with Gasteiger partial charge < -0.3 is 5.11 Å². The van der Waals surface area contributed by atoms with Crippen molar-refractivity contribution < 1.29 is 31.9 Å². The van der Waals surface area contributed by atoms with E-state index < -0.39 is 36.6 Å². The number of nitrogens with zero attached hydrogens (tertiary/aromatic N) is 2. The van der Waals surface area contributed by atoms with Crippen molar-refractivity contribution in [2.45, 2.75) is 37.1 Å². The van der Waals surface area contributed by atoms with Crippen LogP contribution in [0.3, 0.4) is 0 Å². The summed E-state index contributed by atoms with van der Waals surface area (Å²) in [6.07, 6.45) is -7.52. The van der Waals surface area contributed by atoms with Gasteiger partial charge in [0.2, 0.25) is 11.6 Å². The second kappa shape index (κ2) is 7.55. The molecule has 1 aliphatic rings. The van der Waals surface area contributed by atoms with Crippen LogP contribution >= 0.6 is 0 Å². The highest BCUT2D eigenvalue weighted by Crippen LogP contribution is 2.49. The highest BCUT2D eigenvalue weighted by molar-refractivity contribution is 6.03. The van der Waals surface area contributed by atoms with Gasteiger partial charge in [-0.3, -0.25) is 4.79 Å². The van der Waals surface area contributed by atoms with Crippen LogP contribution in [0.15, 0.2) is 65.8 Å². The van der Waals surface area contributed by atoms with E-state index in [9.17, 15) is 31.9 Å².